The van der Waals surface area contributed by atoms with Gasteiger partial charge in [-0.05, 0) is 55.7 Å². The molecule has 11 nitrogen and oxygen atoms in total. The number of carbonyl (C=O) groups is 2. The summed E-state index contributed by atoms with van der Waals surface area (Å²) in [5.74, 6) is -0.502. The maximum Gasteiger partial charge on any atom is 0.273 e. The number of hydrogen-bond acceptors (Lipinski definition) is 7. The minimum absolute atomic E-state index is 0.151. The highest BCUT2D eigenvalue weighted by Gasteiger charge is 2.34. The van der Waals surface area contributed by atoms with Gasteiger partial charge in [-0.3, -0.25) is 24.0 Å². The maximum atomic E-state index is 14.0. The van der Waals surface area contributed by atoms with Gasteiger partial charge in [0, 0.05) is 25.2 Å². The monoisotopic (exact) mass is 582 g/mol. The number of amides is 2. The first kappa shape index (κ1) is 31.1. The van der Waals surface area contributed by atoms with Crippen LogP contribution in [0.25, 0.3) is 0 Å². The molecule has 0 aliphatic rings. The van der Waals surface area contributed by atoms with Crippen molar-refractivity contribution in [3.63, 3.8) is 0 Å². The van der Waals surface area contributed by atoms with Crippen LogP contribution in [-0.4, -0.2) is 63.3 Å². The molecule has 0 saturated heterocycles. The van der Waals surface area contributed by atoms with Gasteiger partial charge in [-0.1, -0.05) is 43.3 Å². The van der Waals surface area contributed by atoms with E-state index in [9.17, 15) is 28.1 Å². The van der Waals surface area contributed by atoms with Crippen LogP contribution in [0.15, 0.2) is 77.7 Å². The number of nitro benzene ring substituents is 1. The molecule has 12 heteroatoms. The summed E-state index contributed by atoms with van der Waals surface area (Å²) >= 11 is 0. The highest BCUT2D eigenvalue weighted by molar-refractivity contribution is 7.92. The molecule has 218 valence electrons. The van der Waals surface area contributed by atoms with Gasteiger partial charge in [-0.15, -0.1) is 0 Å². The standard InChI is InChI=1S/C29H34N4O7S/c1-5-26(29(35)30-3)31(18-17-22-9-7-6-8-10-22)28(34)20-32(23-12-14-24(40-4)15-13-23)41(38,39)25-16-11-21(2)27(19-25)33(36)37/h6-16,19,26H,5,17-18,20H2,1-4H3,(H,30,35). The Morgan fingerprint density at radius 2 is 1.71 bits per heavy atom. The van der Waals surface area contributed by atoms with E-state index in [2.05, 4.69) is 5.32 Å². The van der Waals surface area contributed by atoms with E-state index in [4.69, 9.17) is 4.74 Å². The summed E-state index contributed by atoms with van der Waals surface area (Å²) in [6.45, 7) is 2.81. The van der Waals surface area contributed by atoms with Crippen molar-refractivity contribution in [3.05, 3.63) is 94.0 Å². The topological polar surface area (TPSA) is 139 Å². The van der Waals surface area contributed by atoms with Crippen molar-refractivity contribution in [2.24, 2.45) is 0 Å². The molecule has 1 atom stereocenters. The van der Waals surface area contributed by atoms with Crippen LogP contribution in [0.3, 0.4) is 0 Å². The number of nitrogens with one attached hydrogen (secondary N) is 1. The van der Waals surface area contributed by atoms with Crippen LogP contribution in [0.4, 0.5) is 11.4 Å². The largest absolute Gasteiger partial charge is 0.497 e. The summed E-state index contributed by atoms with van der Waals surface area (Å²) in [4.78, 5) is 38.6. The Bertz CT molecular complexity index is 1480. The molecule has 0 aromatic heterocycles. The number of aryl methyl sites for hydroxylation is 1. The molecule has 3 aromatic rings. The lowest BCUT2D eigenvalue weighted by atomic mass is 10.1. The second-order valence-corrected chi connectivity index (χ2v) is 11.1. The van der Waals surface area contributed by atoms with Crippen molar-refractivity contribution in [2.75, 3.05) is 31.6 Å². The summed E-state index contributed by atoms with van der Waals surface area (Å²) in [6.07, 6.45) is 0.749. The number of benzene rings is 3. The third-order valence-electron chi connectivity index (χ3n) is 6.72. The zero-order valence-electron chi connectivity index (χ0n) is 23.4. The Hall–Kier alpha value is -4.45. The molecule has 0 radical (unpaired) electrons. The molecule has 0 heterocycles. The van der Waals surface area contributed by atoms with Gasteiger partial charge in [-0.2, -0.15) is 0 Å². The number of likely N-dealkylation sites (N-methyl/N-ethyl adjacent to an activating group) is 1. The molecule has 1 N–H and O–H groups in total. The molecule has 2 amide bonds. The predicted molar refractivity (Wildman–Crippen MR) is 155 cm³/mol. The third-order valence-corrected chi connectivity index (χ3v) is 8.49. The van der Waals surface area contributed by atoms with Gasteiger partial charge in [0.2, 0.25) is 11.8 Å². The number of sulfonamides is 1. The Labute approximate surface area is 239 Å². The molecule has 1 unspecified atom stereocenters. The fraction of sp³-hybridized carbons (Fsp3) is 0.310. The van der Waals surface area contributed by atoms with Gasteiger partial charge >= 0.3 is 0 Å². The van der Waals surface area contributed by atoms with Crippen LogP contribution in [0.5, 0.6) is 5.75 Å². The summed E-state index contributed by atoms with van der Waals surface area (Å²) in [6, 6.07) is 18.3. The first-order valence-corrected chi connectivity index (χ1v) is 14.4. The van der Waals surface area contributed by atoms with Crippen LogP contribution in [0, 0.1) is 17.0 Å². The van der Waals surface area contributed by atoms with Crippen LogP contribution < -0.4 is 14.4 Å². The van der Waals surface area contributed by atoms with Gasteiger partial charge in [-0.25, -0.2) is 8.42 Å². The molecule has 0 aliphatic carbocycles. The predicted octanol–water partition coefficient (Wildman–Crippen LogP) is 3.70. The van der Waals surface area contributed by atoms with E-state index in [1.165, 1.54) is 50.2 Å². The minimum Gasteiger partial charge on any atom is -0.497 e. The van der Waals surface area contributed by atoms with Gasteiger partial charge in [0.25, 0.3) is 15.7 Å². The highest BCUT2D eigenvalue weighted by atomic mass is 32.2. The molecule has 0 aliphatic heterocycles. The van der Waals surface area contributed by atoms with Crippen LogP contribution in [0.1, 0.15) is 24.5 Å². The van der Waals surface area contributed by atoms with Gasteiger partial charge in [0.1, 0.15) is 18.3 Å². The fourth-order valence-corrected chi connectivity index (χ4v) is 5.85. The van der Waals surface area contributed by atoms with Crippen molar-refractivity contribution in [2.45, 2.75) is 37.6 Å². The first-order chi connectivity index (χ1) is 19.5. The van der Waals surface area contributed by atoms with Gasteiger partial charge in [0.05, 0.1) is 22.6 Å². The van der Waals surface area contributed by atoms with E-state index in [0.717, 1.165) is 15.9 Å². The molecule has 0 saturated carbocycles. The van der Waals surface area contributed by atoms with Gasteiger partial charge in [0.15, 0.2) is 0 Å². The number of carbonyl (C=O) groups excluding carboxylic acids is 2. The van der Waals surface area contributed by atoms with Crippen LogP contribution >= 0.6 is 0 Å². The van der Waals surface area contributed by atoms with Crippen molar-refractivity contribution >= 4 is 33.2 Å². The number of methoxy groups -OCH3 is 1. The Morgan fingerprint density at radius 1 is 1.05 bits per heavy atom. The van der Waals surface area contributed by atoms with E-state index in [-0.39, 0.29) is 28.7 Å². The van der Waals surface area contributed by atoms with E-state index in [1.807, 2.05) is 30.3 Å². The van der Waals surface area contributed by atoms with Crippen LogP contribution in [0.2, 0.25) is 0 Å². The second-order valence-electron chi connectivity index (χ2n) is 9.28. The van der Waals surface area contributed by atoms with Crippen molar-refractivity contribution in [3.8, 4) is 5.75 Å². The number of hydrogen-bond donors (Lipinski definition) is 1. The fourth-order valence-electron chi connectivity index (χ4n) is 4.41. The van der Waals surface area contributed by atoms with Crippen LogP contribution in [-0.2, 0) is 26.0 Å². The van der Waals surface area contributed by atoms with E-state index >= 15 is 0 Å². The maximum absolute atomic E-state index is 14.0. The van der Waals surface area contributed by atoms with E-state index in [1.54, 1.807) is 19.1 Å². The number of ether oxygens (including phenoxy) is 1. The summed E-state index contributed by atoms with van der Waals surface area (Å²) in [5.41, 5.74) is 1.04. The Morgan fingerprint density at radius 3 is 2.27 bits per heavy atom. The van der Waals surface area contributed by atoms with Crippen molar-refractivity contribution in [1.29, 1.82) is 0 Å². The number of nitro groups is 1. The Balaban J connectivity index is 2.07. The molecule has 3 aromatic carbocycles. The highest BCUT2D eigenvalue weighted by Crippen LogP contribution is 2.29. The normalized spacial score (nSPS) is 11.8. The number of rotatable bonds is 13. The smallest absolute Gasteiger partial charge is 0.273 e. The second kappa shape index (κ2) is 13.8. The quantitative estimate of drug-likeness (QED) is 0.239. The average molecular weight is 583 g/mol. The van der Waals surface area contributed by atoms with E-state index in [0.29, 0.717) is 24.2 Å². The van der Waals surface area contributed by atoms with Crippen molar-refractivity contribution < 1.29 is 27.7 Å². The lowest BCUT2D eigenvalue weighted by molar-refractivity contribution is -0.385. The number of nitrogens with zero attached hydrogens (tertiary/aromatic N) is 3. The lowest BCUT2D eigenvalue weighted by Gasteiger charge is -2.33. The molecule has 0 fully saturated rings. The third kappa shape index (κ3) is 7.40. The van der Waals surface area contributed by atoms with Gasteiger partial charge < -0.3 is 15.0 Å². The SMILES string of the molecule is CCC(C(=O)NC)N(CCc1ccccc1)C(=O)CN(c1ccc(OC)cc1)S(=O)(=O)c1ccc(C)c([N+](=O)[O-])c1. The molecule has 0 bridgehead atoms. The van der Waals surface area contributed by atoms with E-state index < -0.39 is 33.4 Å². The summed E-state index contributed by atoms with van der Waals surface area (Å²) < 4.78 is 34.0. The Kier molecular flexibility index (Phi) is 10.4. The lowest BCUT2D eigenvalue weighted by Crippen LogP contribution is -2.52. The summed E-state index contributed by atoms with van der Waals surface area (Å²) in [5, 5.41) is 14.1. The zero-order chi connectivity index (χ0) is 30.2. The summed E-state index contributed by atoms with van der Waals surface area (Å²) in [7, 11) is -1.52. The molecule has 41 heavy (non-hydrogen) atoms. The first-order valence-electron chi connectivity index (χ1n) is 13.0. The average Bonchev–Trinajstić information content (AvgIpc) is 2.98. The molecule has 3 rings (SSSR count). The number of anilines is 1. The molecule has 0 spiro atoms. The van der Waals surface area contributed by atoms with Crippen molar-refractivity contribution in [1.82, 2.24) is 10.2 Å². The zero-order valence-corrected chi connectivity index (χ0v) is 24.3. The molecular weight excluding hydrogens is 548 g/mol. The minimum atomic E-state index is -4.46. The molecular formula is C29H34N4O7S.